The van der Waals surface area contributed by atoms with Crippen molar-refractivity contribution >= 4 is 5.91 Å². The van der Waals surface area contributed by atoms with E-state index in [-0.39, 0.29) is 11.9 Å². The first-order valence-electron chi connectivity index (χ1n) is 4.59. The molecular weight excluding hydrogens is 176 g/mol. The summed E-state index contributed by atoms with van der Waals surface area (Å²) >= 11 is 0. The molecule has 0 spiro atoms. The van der Waals surface area contributed by atoms with Gasteiger partial charge in [0.1, 0.15) is 0 Å². The van der Waals surface area contributed by atoms with Crippen molar-refractivity contribution < 1.29 is 4.79 Å². The average Bonchev–Trinajstić information content (AvgIpc) is 2.16. The molecule has 0 fully saturated rings. The number of nitrogens with zero attached hydrogens (tertiary/aromatic N) is 1. The summed E-state index contributed by atoms with van der Waals surface area (Å²) in [5, 5.41) is 0. The summed E-state index contributed by atoms with van der Waals surface area (Å²) in [5.74, 6) is -0.366. The average molecular weight is 192 g/mol. The van der Waals surface area contributed by atoms with E-state index in [9.17, 15) is 4.79 Å². The highest BCUT2D eigenvalue weighted by molar-refractivity contribution is 5.94. The Morgan fingerprint density at radius 2 is 1.93 bits per heavy atom. The normalized spacial score (nSPS) is 12.9. The summed E-state index contributed by atoms with van der Waals surface area (Å²) < 4.78 is 0. The highest BCUT2D eigenvalue weighted by atomic mass is 16.1. The second-order valence-electron chi connectivity index (χ2n) is 3.59. The van der Waals surface area contributed by atoms with Gasteiger partial charge in [-0.2, -0.15) is 0 Å². The van der Waals surface area contributed by atoms with Gasteiger partial charge in [0.2, 0.25) is 5.91 Å². The van der Waals surface area contributed by atoms with Crippen LogP contribution in [0.1, 0.15) is 28.9 Å². The van der Waals surface area contributed by atoms with E-state index in [0.717, 1.165) is 5.56 Å². The Balaban J connectivity index is 3.13. The molecule has 3 heteroatoms. The third kappa shape index (κ3) is 2.12. The molecule has 1 rings (SSSR count). The van der Waals surface area contributed by atoms with Gasteiger partial charge in [-0.15, -0.1) is 0 Å². The second kappa shape index (κ2) is 4.24. The predicted molar refractivity (Wildman–Crippen MR) is 57.1 cm³/mol. The third-order valence-electron chi connectivity index (χ3n) is 2.45. The molecule has 0 aromatic heterocycles. The van der Waals surface area contributed by atoms with Crippen LogP contribution in [-0.4, -0.2) is 24.9 Å². The van der Waals surface area contributed by atoms with Gasteiger partial charge in [0.25, 0.3) is 0 Å². The molecule has 14 heavy (non-hydrogen) atoms. The number of benzene rings is 1. The molecule has 0 aliphatic heterocycles. The maximum Gasteiger partial charge on any atom is 0.249 e. The number of primary amides is 1. The lowest BCUT2D eigenvalue weighted by atomic mass is 10.0. The minimum atomic E-state index is -0.366. The summed E-state index contributed by atoms with van der Waals surface area (Å²) in [7, 11) is 3.95. The van der Waals surface area contributed by atoms with Crippen LogP contribution in [0.3, 0.4) is 0 Å². The highest BCUT2D eigenvalue weighted by Gasteiger charge is 2.14. The minimum Gasteiger partial charge on any atom is -0.366 e. The van der Waals surface area contributed by atoms with E-state index in [1.165, 1.54) is 0 Å². The largest absolute Gasteiger partial charge is 0.366 e. The number of hydrogen-bond acceptors (Lipinski definition) is 2. The summed E-state index contributed by atoms with van der Waals surface area (Å²) in [6.45, 7) is 2.04. The lowest BCUT2D eigenvalue weighted by Crippen LogP contribution is -2.21. The van der Waals surface area contributed by atoms with Crippen molar-refractivity contribution in [2.24, 2.45) is 5.73 Å². The van der Waals surface area contributed by atoms with Crippen LogP contribution in [0.15, 0.2) is 24.3 Å². The maximum atomic E-state index is 11.2. The van der Waals surface area contributed by atoms with E-state index in [1.54, 1.807) is 6.07 Å². The zero-order valence-electron chi connectivity index (χ0n) is 8.82. The SMILES string of the molecule is CC(c1ccccc1C(N)=O)N(C)C. The molecule has 2 N–H and O–H groups in total. The molecule has 0 saturated carbocycles. The van der Waals surface area contributed by atoms with Gasteiger partial charge in [-0.3, -0.25) is 4.79 Å². The van der Waals surface area contributed by atoms with E-state index >= 15 is 0 Å². The summed E-state index contributed by atoms with van der Waals surface area (Å²) in [4.78, 5) is 13.2. The number of carbonyl (C=O) groups is 1. The topological polar surface area (TPSA) is 46.3 Å². The van der Waals surface area contributed by atoms with Crippen molar-refractivity contribution in [2.75, 3.05) is 14.1 Å². The Bertz CT molecular complexity index is 334. The Hall–Kier alpha value is -1.35. The molecule has 3 nitrogen and oxygen atoms in total. The Kier molecular flexibility index (Phi) is 3.25. The molecule has 76 valence electrons. The summed E-state index contributed by atoms with van der Waals surface area (Å²) in [5.41, 5.74) is 6.88. The molecule has 1 aromatic carbocycles. The van der Waals surface area contributed by atoms with Crippen LogP contribution in [0.2, 0.25) is 0 Å². The quantitative estimate of drug-likeness (QED) is 0.787. The zero-order valence-corrected chi connectivity index (χ0v) is 8.82. The molecule has 0 heterocycles. The van der Waals surface area contributed by atoms with Crippen molar-refractivity contribution in [3.05, 3.63) is 35.4 Å². The minimum absolute atomic E-state index is 0.193. The van der Waals surface area contributed by atoms with Crippen LogP contribution < -0.4 is 5.73 Å². The molecule has 0 aliphatic rings. The van der Waals surface area contributed by atoms with Crippen LogP contribution in [0, 0.1) is 0 Å². The third-order valence-corrected chi connectivity index (χ3v) is 2.45. The second-order valence-corrected chi connectivity index (χ2v) is 3.59. The zero-order chi connectivity index (χ0) is 10.7. The van der Waals surface area contributed by atoms with Gasteiger partial charge in [0.05, 0.1) is 0 Å². The first-order chi connectivity index (χ1) is 6.54. The standard InChI is InChI=1S/C11H16N2O/c1-8(13(2)3)9-6-4-5-7-10(9)11(12)14/h4-8H,1-3H3,(H2,12,14). The molecule has 0 bridgehead atoms. The Labute approximate surface area is 84.5 Å². The van der Waals surface area contributed by atoms with Crippen molar-refractivity contribution in [3.8, 4) is 0 Å². The Morgan fingerprint density at radius 3 is 2.43 bits per heavy atom. The molecular formula is C11H16N2O. The number of amides is 1. The fraction of sp³-hybridized carbons (Fsp3) is 0.364. The van der Waals surface area contributed by atoms with Gasteiger partial charge >= 0.3 is 0 Å². The lowest BCUT2D eigenvalue weighted by molar-refractivity contribution is 0.0998. The van der Waals surface area contributed by atoms with Crippen LogP contribution >= 0.6 is 0 Å². The maximum absolute atomic E-state index is 11.2. The molecule has 1 unspecified atom stereocenters. The van der Waals surface area contributed by atoms with Gasteiger partial charge in [-0.25, -0.2) is 0 Å². The van der Waals surface area contributed by atoms with E-state index in [4.69, 9.17) is 5.73 Å². The first-order valence-corrected chi connectivity index (χ1v) is 4.59. The fourth-order valence-corrected chi connectivity index (χ4v) is 1.36. The smallest absolute Gasteiger partial charge is 0.249 e. The van der Waals surface area contributed by atoms with E-state index in [2.05, 4.69) is 0 Å². The van der Waals surface area contributed by atoms with Crippen molar-refractivity contribution in [2.45, 2.75) is 13.0 Å². The number of carbonyl (C=O) groups excluding carboxylic acids is 1. The van der Waals surface area contributed by atoms with Gasteiger partial charge in [-0.05, 0) is 32.6 Å². The van der Waals surface area contributed by atoms with Gasteiger partial charge in [0, 0.05) is 11.6 Å². The van der Waals surface area contributed by atoms with Crippen LogP contribution in [0.5, 0.6) is 0 Å². The molecule has 1 amide bonds. The van der Waals surface area contributed by atoms with E-state index in [0.29, 0.717) is 5.56 Å². The number of hydrogen-bond donors (Lipinski definition) is 1. The highest BCUT2D eigenvalue weighted by Crippen LogP contribution is 2.20. The molecule has 0 aliphatic carbocycles. The molecule has 1 atom stereocenters. The van der Waals surface area contributed by atoms with Gasteiger partial charge < -0.3 is 10.6 Å². The van der Waals surface area contributed by atoms with E-state index < -0.39 is 0 Å². The molecule has 0 saturated heterocycles. The van der Waals surface area contributed by atoms with Gasteiger partial charge in [0.15, 0.2) is 0 Å². The Morgan fingerprint density at radius 1 is 1.36 bits per heavy atom. The lowest BCUT2D eigenvalue weighted by Gasteiger charge is -2.21. The summed E-state index contributed by atoms with van der Waals surface area (Å²) in [6, 6.07) is 7.63. The number of rotatable bonds is 3. The van der Waals surface area contributed by atoms with Crippen molar-refractivity contribution in [1.82, 2.24) is 4.90 Å². The molecule has 1 aromatic rings. The van der Waals surface area contributed by atoms with Crippen molar-refractivity contribution in [3.63, 3.8) is 0 Å². The van der Waals surface area contributed by atoms with Crippen molar-refractivity contribution in [1.29, 1.82) is 0 Å². The summed E-state index contributed by atoms with van der Waals surface area (Å²) in [6.07, 6.45) is 0. The first kappa shape index (κ1) is 10.7. The molecule has 0 radical (unpaired) electrons. The fourth-order valence-electron chi connectivity index (χ4n) is 1.36. The van der Waals surface area contributed by atoms with Gasteiger partial charge in [-0.1, -0.05) is 18.2 Å². The van der Waals surface area contributed by atoms with Crippen LogP contribution in [0.4, 0.5) is 0 Å². The van der Waals surface area contributed by atoms with E-state index in [1.807, 2.05) is 44.1 Å². The van der Waals surface area contributed by atoms with Crippen LogP contribution in [0.25, 0.3) is 0 Å². The predicted octanol–water partition coefficient (Wildman–Crippen LogP) is 1.41. The van der Waals surface area contributed by atoms with Crippen LogP contribution in [-0.2, 0) is 0 Å². The number of nitrogens with two attached hydrogens (primary N) is 1. The monoisotopic (exact) mass is 192 g/mol.